The van der Waals surface area contributed by atoms with Crippen molar-refractivity contribution >= 4 is 22.6 Å². The van der Waals surface area contributed by atoms with Crippen LogP contribution >= 0.6 is 0 Å². The normalized spacial score (nSPS) is 17.3. The Balaban J connectivity index is 1.52. The minimum atomic E-state index is 0.0242. The SMILES string of the molecule is CN(C(=O)c1cnc2ccccc2c1)[C@@H]1CCCN(c2ccccn2)C1. The lowest BCUT2D eigenvalue weighted by Crippen LogP contribution is -2.48. The molecule has 3 aromatic rings. The van der Waals surface area contributed by atoms with E-state index in [0.717, 1.165) is 42.7 Å². The molecule has 1 aliphatic heterocycles. The van der Waals surface area contributed by atoms with Crippen molar-refractivity contribution in [3.63, 3.8) is 0 Å². The lowest BCUT2D eigenvalue weighted by molar-refractivity contribution is 0.0717. The maximum Gasteiger partial charge on any atom is 0.255 e. The van der Waals surface area contributed by atoms with Gasteiger partial charge in [-0.1, -0.05) is 24.3 Å². The van der Waals surface area contributed by atoms with Crippen molar-refractivity contribution in [3.05, 3.63) is 66.5 Å². The van der Waals surface area contributed by atoms with Gasteiger partial charge in [-0.2, -0.15) is 0 Å². The Morgan fingerprint density at radius 2 is 2.00 bits per heavy atom. The van der Waals surface area contributed by atoms with Crippen LogP contribution in [0.3, 0.4) is 0 Å². The molecule has 5 heteroatoms. The minimum Gasteiger partial charge on any atom is -0.355 e. The van der Waals surface area contributed by atoms with E-state index in [1.807, 2.05) is 66.7 Å². The molecular formula is C21H22N4O. The number of anilines is 1. The molecule has 1 fully saturated rings. The summed E-state index contributed by atoms with van der Waals surface area (Å²) in [6.07, 6.45) is 5.55. The van der Waals surface area contributed by atoms with Crippen LogP contribution in [0.2, 0.25) is 0 Å². The van der Waals surface area contributed by atoms with Gasteiger partial charge in [0, 0.05) is 44.0 Å². The van der Waals surface area contributed by atoms with Crippen LogP contribution in [0.15, 0.2) is 60.9 Å². The summed E-state index contributed by atoms with van der Waals surface area (Å²) in [6, 6.07) is 15.9. The molecule has 1 saturated heterocycles. The molecule has 2 aromatic heterocycles. The number of amides is 1. The highest BCUT2D eigenvalue weighted by atomic mass is 16.2. The highest BCUT2D eigenvalue weighted by molar-refractivity contribution is 5.97. The topological polar surface area (TPSA) is 49.3 Å². The van der Waals surface area contributed by atoms with E-state index < -0.39 is 0 Å². The van der Waals surface area contributed by atoms with Crippen molar-refractivity contribution in [2.24, 2.45) is 0 Å². The standard InChI is InChI=1S/C21H22N4O/c1-24(18-8-6-12-25(15-18)20-10-4-5-11-22-20)21(26)17-13-16-7-2-3-9-19(16)23-14-17/h2-5,7,9-11,13-14,18H,6,8,12,15H2,1H3/t18-/m1/s1. The summed E-state index contributed by atoms with van der Waals surface area (Å²) in [6.45, 7) is 1.79. The summed E-state index contributed by atoms with van der Waals surface area (Å²) in [5.74, 6) is 1.00. The minimum absolute atomic E-state index is 0.0242. The largest absolute Gasteiger partial charge is 0.355 e. The summed E-state index contributed by atoms with van der Waals surface area (Å²) in [5.41, 5.74) is 1.55. The van der Waals surface area contributed by atoms with Gasteiger partial charge < -0.3 is 9.80 Å². The molecule has 0 saturated carbocycles. The van der Waals surface area contributed by atoms with Gasteiger partial charge in [-0.15, -0.1) is 0 Å². The molecule has 5 nitrogen and oxygen atoms in total. The maximum absolute atomic E-state index is 13.0. The summed E-state index contributed by atoms with van der Waals surface area (Å²) < 4.78 is 0. The predicted octanol–water partition coefficient (Wildman–Crippen LogP) is 3.37. The van der Waals surface area contributed by atoms with E-state index >= 15 is 0 Å². The second kappa shape index (κ2) is 7.12. The third kappa shape index (κ3) is 3.25. The molecule has 0 aliphatic carbocycles. The molecule has 1 amide bonds. The molecule has 1 aromatic carbocycles. The zero-order valence-electron chi connectivity index (χ0n) is 14.9. The van der Waals surface area contributed by atoms with Crippen LogP contribution in [0.4, 0.5) is 5.82 Å². The maximum atomic E-state index is 13.0. The lowest BCUT2D eigenvalue weighted by atomic mass is 10.0. The Bertz CT molecular complexity index is 912. The average molecular weight is 346 g/mol. The fourth-order valence-corrected chi connectivity index (χ4v) is 3.58. The van der Waals surface area contributed by atoms with E-state index in [9.17, 15) is 4.79 Å². The summed E-state index contributed by atoms with van der Waals surface area (Å²) in [7, 11) is 1.89. The number of carbonyl (C=O) groups excluding carboxylic acids is 1. The monoisotopic (exact) mass is 346 g/mol. The van der Waals surface area contributed by atoms with Gasteiger partial charge in [0.25, 0.3) is 5.91 Å². The number of rotatable bonds is 3. The van der Waals surface area contributed by atoms with Gasteiger partial charge in [-0.25, -0.2) is 4.98 Å². The average Bonchev–Trinajstić information content (AvgIpc) is 2.73. The molecule has 132 valence electrons. The molecule has 4 rings (SSSR count). The van der Waals surface area contributed by atoms with Crippen LogP contribution in [-0.2, 0) is 0 Å². The first-order chi connectivity index (χ1) is 12.7. The molecule has 0 spiro atoms. The zero-order chi connectivity index (χ0) is 17.9. The first-order valence-corrected chi connectivity index (χ1v) is 9.00. The highest BCUT2D eigenvalue weighted by Crippen LogP contribution is 2.22. The van der Waals surface area contributed by atoms with E-state index in [0.29, 0.717) is 5.56 Å². The number of piperidine rings is 1. The third-order valence-corrected chi connectivity index (χ3v) is 5.08. The summed E-state index contributed by atoms with van der Waals surface area (Å²) in [4.78, 5) is 26.0. The Kier molecular flexibility index (Phi) is 4.52. The molecule has 1 aliphatic rings. The van der Waals surface area contributed by atoms with Gasteiger partial charge in [-0.3, -0.25) is 9.78 Å². The quantitative estimate of drug-likeness (QED) is 0.730. The third-order valence-electron chi connectivity index (χ3n) is 5.08. The highest BCUT2D eigenvalue weighted by Gasteiger charge is 2.27. The first-order valence-electron chi connectivity index (χ1n) is 9.00. The summed E-state index contributed by atoms with van der Waals surface area (Å²) in [5, 5.41) is 0.991. The van der Waals surface area contributed by atoms with E-state index in [2.05, 4.69) is 14.9 Å². The number of benzene rings is 1. The molecule has 0 radical (unpaired) electrons. The number of fused-ring (bicyclic) bond motifs is 1. The van der Waals surface area contributed by atoms with Gasteiger partial charge in [0.05, 0.1) is 11.1 Å². The van der Waals surface area contributed by atoms with Crippen LogP contribution in [0.1, 0.15) is 23.2 Å². The molecule has 1 atom stereocenters. The van der Waals surface area contributed by atoms with Crippen LogP contribution in [0, 0.1) is 0 Å². The number of aromatic nitrogens is 2. The van der Waals surface area contributed by atoms with E-state index in [1.54, 1.807) is 6.20 Å². The smallest absolute Gasteiger partial charge is 0.255 e. The zero-order valence-corrected chi connectivity index (χ0v) is 14.9. The second-order valence-electron chi connectivity index (χ2n) is 6.76. The first kappa shape index (κ1) is 16.5. The molecule has 26 heavy (non-hydrogen) atoms. The molecule has 0 unspecified atom stereocenters. The molecule has 0 bridgehead atoms. The number of hydrogen-bond donors (Lipinski definition) is 0. The van der Waals surface area contributed by atoms with E-state index in [-0.39, 0.29) is 11.9 Å². The Hall–Kier alpha value is -2.95. The molecule has 0 N–H and O–H groups in total. The Morgan fingerprint density at radius 3 is 2.85 bits per heavy atom. The molecular weight excluding hydrogens is 324 g/mol. The van der Waals surface area contributed by atoms with E-state index in [1.165, 1.54) is 0 Å². The van der Waals surface area contributed by atoms with Gasteiger partial charge in [0.15, 0.2) is 0 Å². The van der Waals surface area contributed by atoms with Crippen molar-refractivity contribution in [2.75, 3.05) is 25.0 Å². The number of nitrogens with zero attached hydrogens (tertiary/aromatic N) is 4. The van der Waals surface area contributed by atoms with Crippen molar-refractivity contribution in [1.82, 2.24) is 14.9 Å². The lowest BCUT2D eigenvalue weighted by Gasteiger charge is -2.38. The van der Waals surface area contributed by atoms with Gasteiger partial charge >= 0.3 is 0 Å². The van der Waals surface area contributed by atoms with Gasteiger partial charge in [0.1, 0.15) is 5.82 Å². The number of hydrogen-bond acceptors (Lipinski definition) is 4. The predicted molar refractivity (Wildman–Crippen MR) is 103 cm³/mol. The number of para-hydroxylation sites is 1. The van der Waals surface area contributed by atoms with Gasteiger partial charge in [-0.05, 0) is 37.1 Å². The number of carbonyl (C=O) groups is 1. The molecule has 3 heterocycles. The number of likely N-dealkylation sites (N-methyl/N-ethyl adjacent to an activating group) is 1. The van der Waals surface area contributed by atoms with Crippen LogP contribution in [0.25, 0.3) is 10.9 Å². The number of pyridine rings is 2. The fourth-order valence-electron chi connectivity index (χ4n) is 3.58. The van der Waals surface area contributed by atoms with Gasteiger partial charge in [0.2, 0.25) is 0 Å². The van der Waals surface area contributed by atoms with Crippen molar-refractivity contribution in [3.8, 4) is 0 Å². The van der Waals surface area contributed by atoms with Crippen molar-refractivity contribution < 1.29 is 4.79 Å². The van der Waals surface area contributed by atoms with Crippen LogP contribution in [0.5, 0.6) is 0 Å². The fraction of sp³-hybridized carbons (Fsp3) is 0.286. The van der Waals surface area contributed by atoms with Crippen molar-refractivity contribution in [1.29, 1.82) is 0 Å². The Labute approximate surface area is 153 Å². The van der Waals surface area contributed by atoms with Crippen LogP contribution < -0.4 is 4.90 Å². The Morgan fingerprint density at radius 1 is 1.15 bits per heavy atom. The van der Waals surface area contributed by atoms with Crippen molar-refractivity contribution in [2.45, 2.75) is 18.9 Å². The second-order valence-corrected chi connectivity index (χ2v) is 6.76. The van der Waals surface area contributed by atoms with Crippen LogP contribution in [-0.4, -0.2) is 47.0 Å². The summed E-state index contributed by atoms with van der Waals surface area (Å²) >= 11 is 0. The van der Waals surface area contributed by atoms with E-state index in [4.69, 9.17) is 0 Å².